The molecule has 1 saturated heterocycles. The van der Waals surface area contributed by atoms with Crippen molar-refractivity contribution in [2.24, 2.45) is 0 Å². The maximum absolute atomic E-state index is 12.8. The third-order valence-corrected chi connectivity index (χ3v) is 6.03. The molecule has 7 nitrogen and oxygen atoms in total. The molecule has 0 spiro atoms. The van der Waals surface area contributed by atoms with Gasteiger partial charge in [-0.3, -0.25) is 18.9 Å². The molecule has 0 aliphatic carbocycles. The fourth-order valence-corrected chi connectivity index (χ4v) is 4.26. The van der Waals surface area contributed by atoms with Gasteiger partial charge in [0.25, 0.3) is 11.5 Å². The molecule has 8 heteroatoms. The van der Waals surface area contributed by atoms with Crippen molar-refractivity contribution in [1.29, 1.82) is 0 Å². The minimum Gasteiger partial charge on any atom is -0.494 e. The average Bonchev–Trinajstić information content (AvgIpc) is 3.24. The van der Waals surface area contributed by atoms with E-state index in [4.69, 9.17) is 4.74 Å². The molecule has 1 aliphatic heterocycles. The lowest BCUT2D eigenvalue weighted by atomic mass is 10.1. The van der Waals surface area contributed by atoms with Gasteiger partial charge in [0, 0.05) is 55.9 Å². The van der Waals surface area contributed by atoms with Gasteiger partial charge in [0.05, 0.1) is 12.3 Å². The van der Waals surface area contributed by atoms with Crippen molar-refractivity contribution in [2.45, 2.75) is 26.3 Å². The summed E-state index contributed by atoms with van der Waals surface area (Å²) in [6.07, 6.45) is 3.86. The predicted octanol–water partition coefficient (Wildman–Crippen LogP) is 2.89. The largest absolute Gasteiger partial charge is 0.494 e. The maximum Gasteiger partial charge on any atom is 0.258 e. The Morgan fingerprint density at radius 3 is 2.67 bits per heavy atom. The van der Waals surface area contributed by atoms with E-state index in [9.17, 15) is 9.59 Å². The summed E-state index contributed by atoms with van der Waals surface area (Å²) in [5.41, 5.74) is 1.41. The second-order valence-corrected chi connectivity index (χ2v) is 8.31. The van der Waals surface area contributed by atoms with Gasteiger partial charge in [-0.2, -0.15) is 0 Å². The highest BCUT2D eigenvalue weighted by Gasteiger charge is 2.22. The number of fused-ring (bicyclic) bond motifs is 1. The van der Waals surface area contributed by atoms with Crippen molar-refractivity contribution in [3.63, 3.8) is 0 Å². The Morgan fingerprint density at radius 1 is 1.17 bits per heavy atom. The van der Waals surface area contributed by atoms with Crippen molar-refractivity contribution in [3.8, 4) is 5.75 Å². The van der Waals surface area contributed by atoms with Crippen LogP contribution in [0.1, 0.15) is 35.8 Å². The average molecular weight is 427 g/mol. The standard InChI is InChI=1S/C22H26N4O3S/c1-2-3-13-29-19-6-4-17(5-7-19)21(28)25-10-8-24(9-11-25)16-18-15-20(27)26-12-14-30-22(26)23-18/h4-7,12,14-15H,2-3,8-11,13,16H2,1H3. The zero-order valence-electron chi connectivity index (χ0n) is 17.1. The van der Waals surface area contributed by atoms with Gasteiger partial charge >= 0.3 is 0 Å². The van der Waals surface area contributed by atoms with Gasteiger partial charge in [0.15, 0.2) is 4.96 Å². The molecule has 1 aliphatic rings. The lowest BCUT2D eigenvalue weighted by Crippen LogP contribution is -2.48. The number of rotatable bonds is 7. The number of nitrogens with zero attached hydrogens (tertiary/aromatic N) is 4. The summed E-state index contributed by atoms with van der Waals surface area (Å²) in [5.74, 6) is 0.849. The topological polar surface area (TPSA) is 67.2 Å². The molecule has 0 bridgehead atoms. The molecule has 0 saturated carbocycles. The molecular formula is C22H26N4O3S. The van der Waals surface area contributed by atoms with E-state index in [1.165, 1.54) is 11.3 Å². The number of ether oxygens (including phenoxy) is 1. The molecule has 1 aromatic carbocycles. The fraction of sp³-hybridized carbons (Fsp3) is 0.409. The zero-order valence-corrected chi connectivity index (χ0v) is 17.9. The van der Waals surface area contributed by atoms with Gasteiger partial charge in [-0.05, 0) is 30.7 Å². The predicted molar refractivity (Wildman–Crippen MR) is 117 cm³/mol. The number of aromatic nitrogens is 2. The quantitative estimate of drug-likeness (QED) is 0.544. The highest BCUT2D eigenvalue weighted by Crippen LogP contribution is 2.16. The lowest BCUT2D eigenvalue weighted by molar-refractivity contribution is 0.0627. The Balaban J connectivity index is 1.31. The summed E-state index contributed by atoms with van der Waals surface area (Å²) in [5, 5.41) is 1.86. The number of unbranched alkanes of at least 4 members (excludes halogenated alkanes) is 1. The minimum atomic E-state index is -0.0489. The third-order valence-electron chi connectivity index (χ3n) is 5.27. The Morgan fingerprint density at radius 2 is 1.93 bits per heavy atom. The van der Waals surface area contributed by atoms with Gasteiger partial charge in [-0.15, -0.1) is 11.3 Å². The Kier molecular flexibility index (Phi) is 6.44. The molecule has 0 radical (unpaired) electrons. The van der Waals surface area contributed by atoms with Crippen LogP contribution < -0.4 is 10.3 Å². The van der Waals surface area contributed by atoms with Crippen molar-refractivity contribution in [1.82, 2.24) is 19.2 Å². The van der Waals surface area contributed by atoms with Crippen molar-refractivity contribution < 1.29 is 9.53 Å². The molecular weight excluding hydrogens is 400 g/mol. The number of carbonyl (C=O) groups is 1. The molecule has 0 unspecified atom stereocenters. The van der Waals surface area contributed by atoms with Crippen LogP contribution in [0.15, 0.2) is 46.7 Å². The van der Waals surface area contributed by atoms with Crippen molar-refractivity contribution in [3.05, 3.63) is 63.5 Å². The summed E-state index contributed by atoms with van der Waals surface area (Å²) < 4.78 is 7.23. The summed E-state index contributed by atoms with van der Waals surface area (Å²) in [6.45, 7) is 6.29. The number of hydrogen-bond donors (Lipinski definition) is 0. The molecule has 1 amide bonds. The first-order valence-corrected chi connectivity index (χ1v) is 11.2. The highest BCUT2D eigenvalue weighted by molar-refractivity contribution is 7.15. The Hall–Kier alpha value is -2.71. The van der Waals surface area contributed by atoms with Crippen LogP contribution in [0.25, 0.3) is 4.96 Å². The highest BCUT2D eigenvalue weighted by atomic mass is 32.1. The van der Waals surface area contributed by atoms with E-state index in [1.54, 1.807) is 16.7 Å². The minimum absolute atomic E-state index is 0.0473. The van der Waals surface area contributed by atoms with Gasteiger partial charge in [0.2, 0.25) is 0 Å². The maximum atomic E-state index is 12.8. The van der Waals surface area contributed by atoms with Crippen LogP contribution in [0.4, 0.5) is 0 Å². The summed E-state index contributed by atoms with van der Waals surface area (Å²) in [6, 6.07) is 9.00. The van der Waals surface area contributed by atoms with E-state index in [0.29, 0.717) is 36.8 Å². The van der Waals surface area contributed by atoms with E-state index in [0.717, 1.165) is 37.4 Å². The van der Waals surface area contributed by atoms with Gasteiger partial charge in [-0.1, -0.05) is 13.3 Å². The molecule has 1 fully saturated rings. The molecule has 3 heterocycles. The van der Waals surface area contributed by atoms with Crippen molar-refractivity contribution in [2.75, 3.05) is 32.8 Å². The van der Waals surface area contributed by atoms with E-state index >= 15 is 0 Å². The van der Waals surface area contributed by atoms with Crippen LogP contribution in [0.5, 0.6) is 5.75 Å². The SMILES string of the molecule is CCCCOc1ccc(C(=O)N2CCN(Cc3cc(=O)n4ccsc4n3)CC2)cc1. The smallest absolute Gasteiger partial charge is 0.258 e. The lowest BCUT2D eigenvalue weighted by Gasteiger charge is -2.34. The Bertz CT molecular complexity index is 1050. The number of piperazine rings is 1. The van der Waals surface area contributed by atoms with Crippen LogP contribution in [-0.2, 0) is 6.54 Å². The number of thiazole rings is 1. The second-order valence-electron chi connectivity index (χ2n) is 7.44. The third kappa shape index (κ3) is 4.71. The monoisotopic (exact) mass is 426 g/mol. The van der Waals surface area contributed by atoms with Crippen LogP contribution in [0, 0.1) is 0 Å². The number of carbonyl (C=O) groups excluding carboxylic acids is 1. The zero-order chi connectivity index (χ0) is 20.9. The van der Waals surface area contributed by atoms with E-state index < -0.39 is 0 Å². The normalized spacial score (nSPS) is 14.9. The number of benzene rings is 1. The Labute approximate surface area is 179 Å². The molecule has 0 atom stereocenters. The second kappa shape index (κ2) is 9.40. The van der Waals surface area contributed by atoms with Crippen LogP contribution in [0.3, 0.4) is 0 Å². The number of hydrogen-bond acceptors (Lipinski definition) is 6. The van der Waals surface area contributed by atoms with Crippen molar-refractivity contribution >= 4 is 22.2 Å². The summed E-state index contributed by atoms with van der Waals surface area (Å²) >= 11 is 1.46. The van der Waals surface area contributed by atoms with Gasteiger partial charge in [-0.25, -0.2) is 4.98 Å². The van der Waals surface area contributed by atoms with E-state index in [2.05, 4.69) is 16.8 Å². The first-order chi connectivity index (χ1) is 14.6. The molecule has 4 rings (SSSR count). The first kappa shape index (κ1) is 20.6. The molecule has 30 heavy (non-hydrogen) atoms. The van der Waals surface area contributed by atoms with E-state index in [-0.39, 0.29) is 11.5 Å². The number of amides is 1. The summed E-state index contributed by atoms with van der Waals surface area (Å²) in [4.78, 5) is 34.4. The van der Waals surface area contributed by atoms with Crippen LogP contribution in [0.2, 0.25) is 0 Å². The van der Waals surface area contributed by atoms with E-state index in [1.807, 2.05) is 34.5 Å². The van der Waals surface area contributed by atoms with Crippen LogP contribution >= 0.6 is 11.3 Å². The van der Waals surface area contributed by atoms with Gasteiger partial charge < -0.3 is 9.64 Å². The molecule has 158 valence electrons. The summed E-state index contributed by atoms with van der Waals surface area (Å²) in [7, 11) is 0. The fourth-order valence-electron chi connectivity index (χ4n) is 3.52. The molecule has 0 N–H and O–H groups in total. The molecule has 2 aromatic heterocycles. The van der Waals surface area contributed by atoms with Gasteiger partial charge in [0.1, 0.15) is 5.75 Å². The van der Waals surface area contributed by atoms with Crippen LogP contribution in [-0.4, -0.2) is 57.9 Å². The first-order valence-electron chi connectivity index (χ1n) is 10.3. The molecule has 3 aromatic rings.